The van der Waals surface area contributed by atoms with E-state index in [9.17, 15) is 13.5 Å². The van der Waals surface area contributed by atoms with Crippen molar-refractivity contribution in [3.8, 4) is 11.8 Å². The Kier molecular flexibility index (Phi) is 7.86. The SMILES string of the molecule is Cc1ccc(S(=O)(=O)NCCCCCC(O)C#Cc2ccccc2)cc1. The highest BCUT2D eigenvalue weighted by molar-refractivity contribution is 7.89. The summed E-state index contributed by atoms with van der Waals surface area (Å²) in [6.07, 6.45) is 2.30. The number of aliphatic hydroxyl groups excluding tert-OH is 1. The van der Waals surface area contributed by atoms with Gasteiger partial charge in [-0.05, 0) is 50.5 Å². The van der Waals surface area contributed by atoms with Crippen LogP contribution in [0.15, 0.2) is 59.5 Å². The van der Waals surface area contributed by atoms with Crippen molar-refractivity contribution >= 4 is 10.0 Å². The van der Waals surface area contributed by atoms with Crippen LogP contribution >= 0.6 is 0 Å². The van der Waals surface area contributed by atoms with Gasteiger partial charge in [-0.2, -0.15) is 0 Å². The summed E-state index contributed by atoms with van der Waals surface area (Å²) in [6, 6.07) is 16.3. The number of aryl methyl sites for hydroxylation is 1. The van der Waals surface area contributed by atoms with Gasteiger partial charge < -0.3 is 5.11 Å². The standard InChI is InChI=1S/C21H25NO3S/c1-18-11-15-21(16-12-18)26(24,25)22-17-7-3-6-10-20(23)14-13-19-8-4-2-5-9-19/h2,4-5,8-9,11-12,15-16,20,22-23H,3,6-7,10,17H2,1H3. The number of hydrogen-bond acceptors (Lipinski definition) is 3. The Hall–Kier alpha value is -2.13. The molecule has 0 bridgehead atoms. The van der Waals surface area contributed by atoms with E-state index >= 15 is 0 Å². The Bertz CT molecular complexity index is 834. The molecular formula is C21H25NO3S. The van der Waals surface area contributed by atoms with Gasteiger partial charge in [0.05, 0.1) is 4.90 Å². The highest BCUT2D eigenvalue weighted by Gasteiger charge is 2.12. The van der Waals surface area contributed by atoms with Crippen LogP contribution in [0.5, 0.6) is 0 Å². The van der Waals surface area contributed by atoms with Gasteiger partial charge in [-0.15, -0.1) is 0 Å². The molecule has 1 unspecified atom stereocenters. The number of benzene rings is 2. The van der Waals surface area contributed by atoms with Crippen molar-refractivity contribution in [2.75, 3.05) is 6.54 Å². The molecule has 0 spiro atoms. The third-order valence-electron chi connectivity index (χ3n) is 3.93. The fourth-order valence-corrected chi connectivity index (χ4v) is 3.48. The van der Waals surface area contributed by atoms with Gasteiger partial charge in [-0.3, -0.25) is 0 Å². The zero-order valence-electron chi connectivity index (χ0n) is 15.0. The summed E-state index contributed by atoms with van der Waals surface area (Å²) < 4.78 is 26.9. The molecule has 0 aromatic heterocycles. The number of rotatable bonds is 8. The first-order valence-electron chi connectivity index (χ1n) is 8.78. The predicted octanol–water partition coefficient (Wildman–Crippen LogP) is 3.25. The Morgan fingerprint density at radius 3 is 2.38 bits per heavy atom. The first-order chi connectivity index (χ1) is 12.5. The lowest BCUT2D eigenvalue weighted by Gasteiger charge is -2.07. The second kappa shape index (κ2) is 10.1. The smallest absolute Gasteiger partial charge is 0.240 e. The molecule has 4 nitrogen and oxygen atoms in total. The molecule has 0 heterocycles. The van der Waals surface area contributed by atoms with E-state index in [-0.39, 0.29) is 4.90 Å². The molecule has 0 aliphatic carbocycles. The van der Waals surface area contributed by atoms with Gasteiger partial charge >= 0.3 is 0 Å². The monoisotopic (exact) mass is 371 g/mol. The summed E-state index contributed by atoms with van der Waals surface area (Å²) in [5.41, 5.74) is 1.91. The molecule has 138 valence electrons. The van der Waals surface area contributed by atoms with Crippen LogP contribution in [0.2, 0.25) is 0 Å². The fourth-order valence-electron chi connectivity index (χ4n) is 2.41. The van der Waals surface area contributed by atoms with Crippen molar-refractivity contribution in [2.45, 2.75) is 43.6 Å². The van der Waals surface area contributed by atoms with Gasteiger partial charge in [0.15, 0.2) is 0 Å². The minimum atomic E-state index is -3.44. The minimum absolute atomic E-state index is 0.287. The Balaban J connectivity index is 1.64. The molecule has 0 radical (unpaired) electrons. The quantitative estimate of drug-likeness (QED) is 0.553. The van der Waals surface area contributed by atoms with Crippen LogP contribution in [0.4, 0.5) is 0 Å². The molecule has 0 saturated carbocycles. The molecule has 0 amide bonds. The number of unbranched alkanes of at least 4 members (excludes halogenated alkanes) is 2. The lowest BCUT2D eigenvalue weighted by Crippen LogP contribution is -2.24. The summed E-state index contributed by atoms with van der Waals surface area (Å²) in [5, 5.41) is 9.88. The largest absolute Gasteiger partial charge is 0.380 e. The highest BCUT2D eigenvalue weighted by atomic mass is 32.2. The van der Waals surface area contributed by atoms with Crippen LogP contribution < -0.4 is 4.72 Å². The van der Waals surface area contributed by atoms with E-state index in [1.165, 1.54) is 0 Å². The molecule has 5 heteroatoms. The third-order valence-corrected chi connectivity index (χ3v) is 5.41. The second-order valence-electron chi connectivity index (χ2n) is 6.21. The van der Waals surface area contributed by atoms with Crippen molar-refractivity contribution < 1.29 is 13.5 Å². The van der Waals surface area contributed by atoms with Gasteiger partial charge in [0.25, 0.3) is 0 Å². The van der Waals surface area contributed by atoms with Gasteiger partial charge in [0.1, 0.15) is 6.10 Å². The van der Waals surface area contributed by atoms with E-state index < -0.39 is 16.1 Å². The molecule has 0 aliphatic rings. The molecular weight excluding hydrogens is 346 g/mol. The Morgan fingerprint density at radius 1 is 1.00 bits per heavy atom. The normalized spacial score (nSPS) is 12.2. The summed E-state index contributed by atoms with van der Waals surface area (Å²) in [4.78, 5) is 0.287. The van der Waals surface area contributed by atoms with Crippen molar-refractivity contribution in [1.29, 1.82) is 0 Å². The lowest BCUT2D eigenvalue weighted by molar-refractivity contribution is 0.217. The van der Waals surface area contributed by atoms with Crippen molar-refractivity contribution in [3.05, 3.63) is 65.7 Å². The predicted molar refractivity (Wildman–Crippen MR) is 104 cm³/mol. The van der Waals surface area contributed by atoms with Crippen molar-refractivity contribution in [3.63, 3.8) is 0 Å². The maximum atomic E-state index is 12.1. The van der Waals surface area contributed by atoms with E-state index in [0.717, 1.165) is 30.4 Å². The highest BCUT2D eigenvalue weighted by Crippen LogP contribution is 2.10. The maximum Gasteiger partial charge on any atom is 0.240 e. The van der Waals surface area contributed by atoms with Crippen LogP contribution in [0.3, 0.4) is 0 Å². The van der Waals surface area contributed by atoms with E-state index in [4.69, 9.17) is 0 Å². The molecule has 2 rings (SSSR count). The van der Waals surface area contributed by atoms with Crippen molar-refractivity contribution in [1.82, 2.24) is 4.72 Å². The minimum Gasteiger partial charge on any atom is -0.380 e. The molecule has 2 aromatic rings. The van der Waals surface area contributed by atoms with Gasteiger partial charge in [0, 0.05) is 12.1 Å². The van der Waals surface area contributed by atoms with Crippen LogP contribution in [0.25, 0.3) is 0 Å². The van der Waals surface area contributed by atoms with E-state index in [2.05, 4.69) is 16.6 Å². The Morgan fingerprint density at radius 2 is 1.69 bits per heavy atom. The molecule has 1 atom stereocenters. The zero-order valence-corrected chi connectivity index (χ0v) is 15.8. The van der Waals surface area contributed by atoms with Gasteiger partial charge in [-0.25, -0.2) is 13.1 Å². The van der Waals surface area contributed by atoms with E-state index in [0.29, 0.717) is 13.0 Å². The summed E-state index contributed by atoms with van der Waals surface area (Å²) >= 11 is 0. The molecule has 26 heavy (non-hydrogen) atoms. The molecule has 2 N–H and O–H groups in total. The average Bonchev–Trinajstić information content (AvgIpc) is 2.64. The second-order valence-corrected chi connectivity index (χ2v) is 7.98. The maximum absolute atomic E-state index is 12.1. The fraction of sp³-hybridized carbons (Fsp3) is 0.333. The number of sulfonamides is 1. The first-order valence-corrected chi connectivity index (χ1v) is 10.3. The third kappa shape index (κ3) is 7.01. The topological polar surface area (TPSA) is 66.4 Å². The van der Waals surface area contributed by atoms with Crippen LogP contribution in [0.1, 0.15) is 36.8 Å². The average molecular weight is 372 g/mol. The molecule has 0 saturated heterocycles. The van der Waals surface area contributed by atoms with Crippen molar-refractivity contribution in [2.24, 2.45) is 0 Å². The summed E-state index contributed by atoms with van der Waals surface area (Å²) in [7, 11) is -3.44. The molecule has 0 fully saturated rings. The number of aliphatic hydroxyl groups is 1. The molecule has 2 aromatic carbocycles. The van der Waals surface area contributed by atoms with Crippen LogP contribution in [-0.4, -0.2) is 26.2 Å². The summed E-state index contributed by atoms with van der Waals surface area (Å²) in [5.74, 6) is 5.78. The number of nitrogens with one attached hydrogen (secondary N) is 1. The van der Waals surface area contributed by atoms with Gasteiger partial charge in [0.2, 0.25) is 10.0 Å². The van der Waals surface area contributed by atoms with Crippen LogP contribution in [-0.2, 0) is 10.0 Å². The lowest BCUT2D eigenvalue weighted by atomic mass is 10.1. The zero-order chi connectivity index (χ0) is 18.8. The van der Waals surface area contributed by atoms with E-state index in [1.807, 2.05) is 37.3 Å². The van der Waals surface area contributed by atoms with Gasteiger partial charge in [-0.1, -0.05) is 54.2 Å². The molecule has 0 aliphatic heterocycles. The van der Waals surface area contributed by atoms with E-state index in [1.54, 1.807) is 24.3 Å². The summed E-state index contributed by atoms with van der Waals surface area (Å²) in [6.45, 7) is 2.31. The Labute approximate surface area is 156 Å². The first kappa shape index (κ1) is 20.2. The number of hydrogen-bond donors (Lipinski definition) is 2. The van der Waals surface area contributed by atoms with Crippen LogP contribution in [0, 0.1) is 18.8 Å².